The second-order valence-corrected chi connectivity index (χ2v) is 0. The summed E-state index contributed by atoms with van der Waals surface area (Å²) < 4.78 is 0. The second-order valence-electron chi connectivity index (χ2n) is 0. The molecular weight excluding hydrogens is 328 g/mol. The Morgan fingerprint density at radius 3 is 0.750 bits per heavy atom. The smallest absolute Gasteiger partial charge is 1.00 e. The van der Waals surface area contributed by atoms with E-state index in [-0.39, 0.29) is 70.2 Å². The van der Waals surface area contributed by atoms with Crippen LogP contribution < -0.4 is 29.4 Å². The fourth-order valence-corrected chi connectivity index (χ4v) is 0. The zero-order valence-electron chi connectivity index (χ0n) is 1.39. The first kappa shape index (κ1) is 36.1. The Morgan fingerprint density at radius 2 is 0.750 bits per heavy atom. The van der Waals surface area contributed by atoms with Crippen LogP contribution in [0.2, 0.25) is 0 Å². The molecule has 4 heteroatoms. The Kier molecular flexibility index (Phi) is 175. The molecule has 0 rings (SSSR count). The third-order valence-corrected chi connectivity index (χ3v) is 0. The summed E-state index contributed by atoms with van der Waals surface area (Å²) in [7, 11) is 0. The van der Waals surface area contributed by atoms with Gasteiger partial charge in [-0.25, -0.2) is 0 Å². The zero-order valence-corrected chi connectivity index (χ0v) is 6.84. The summed E-state index contributed by atoms with van der Waals surface area (Å²) in [4.78, 5) is 0. The van der Waals surface area contributed by atoms with Crippen LogP contribution in [0, 0.1) is 0 Å². The van der Waals surface area contributed by atoms with Gasteiger partial charge in [0.15, 0.2) is 0 Å². The SMILES string of the molecule is [Br-].[Cl-].[Pd+2].[Pd+2]. The van der Waals surface area contributed by atoms with E-state index in [1.807, 2.05) is 0 Å². The van der Waals surface area contributed by atoms with E-state index in [1.54, 1.807) is 0 Å². The third kappa shape index (κ3) is 8.94. The maximum absolute atomic E-state index is 0. The van der Waals surface area contributed by atoms with Gasteiger partial charge in [0.1, 0.15) is 0 Å². The molecule has 0 bridgehead atoms. The van der Waals surface area contributed by atoms with Crippen LogP contribution in [0.15, 0.2) is 0 Å². The van der Waals surface area contributed by atoms with E-state index < -0.39 is 0 Å². The number of halogens is 2. The summed E-state index contributed by atoms with van der Waals surface area (Å²) in [6.45, 7) is 0. The van der Waals surface area contributed by atoms with Gasteiger partial charge in [-0.15, -0.1) is 0 Å². The standard InChI is InChI=1S/BrH.ClH.2Pd/h2*1H;;/q;;2*+2/p-2. The molecule has 0 aliphatic heterocycles. The maximum Gasteiger partial charge on any atom is 2.00 e. The van der Waals surface area contributed by atoms with Gasteiger partial charge < -0.3 is 29.4 Å². The number of rotatable bonds is 0. The Morgan fingerprint density at radius 1 is 0.750 bits per heavy atom. The Balaban J connectivity index is 0. The first-order valence-electron chi connectivity index (χ1n) is 0. The molecule has 0 heterocycles. The molecule has 0 nitrogen and oxygen atoms in total. The molecule has 0 aromatic rings. The van der Waals surface area contributed by atoms with Crippen molar-refractivity contribution >= 4 is 0 Å². The maximum atomic E-state index is 0. The van der Waals surface area contributed by atoms with E-state index >= 15 is 0 Å². The summed E-state index contributed by atoms with van der Waals surface area (Å²) >= 11 is 0. The Hall–Kier alpha value is 2.09. The van der Waals surface area contributed by atoms with Gasteiger partial charge in [0, 0.05) is 0 Å². The van der Waals surface area contributed by atoms with Crippen molar-refractivity contribution in [3.05, 3.63) is 0 Å². The van der Waals surface area contributed by atoms with Gasteiger partial charge in [0.2, 0.25) is 0 Å². The van der Waals surface area contributed by atoms with Gasteiger partial charge >= 0.3 is 40.8 Å². The van der Waals surface area contributed by atoms with Crippen molar-refractivity contribution in [2.24, 2.45) is 0 Å². The molecule has 0 aliphatic carbocycles. The van der Waals surface area contributed by atoms with Gasteiger partial charge in [-0.1, -0.05) is 0 Å². The van der Waals surface area contributed by atoms with Crippen LogP contribution in [-0.4, -0.2) is 0 Å². The molecule has 0 N–H and O–H groups in total. The first-order valence-corrected chi connectivity index (χ1v) is 0. The minimum atomic E-state index is 0. The first-order chi connectivity index (χ1) is 0. The minimum absolute atomic E-state index is 0. The van der Waals surface area contributed by atoms with Gasteiger partial charge in [-0.2, -0.15) is 0 Å². The van der Waals surface area contributed by atoms with Crippen molar-refractivity contribution in [1.82, 2.24) is 0 Å². The summed E-state index contributed by atoms with van der Waals surface area (Å²) in [5.41, 5.74) is 0. The summed E-state index contributed by atoms with van der Waals surface area (Å²) in [5, 5.41) is 0. The van der Waals surface area contributed by atoms with Gasteiger partial charge in [0.05, 0.1) is 0 Å². The van der Waals surface area contributed by atoms with E-state index in [0.717, 1.165) is 0 Å². The summed E-state index contributed by atoms with van der Waals surface area (Å²) in [5.74, 6) is 0. The minimum Gasteiger partial charge on any atom is -1.00 e. The van der Waals surface area contributed by atoms with E-state index in [1.165, 1.54) is 0 Å². The van der Waals surface area contributed by atoms with E-state index in [4.69, 9.17) is 0 Å². The molecule has 0 fully saturated rings. The molecule has 0 saturated carbocycles. The molecule has 0 saturated heterocycles. The van der Waals surface area contributed by atoms with Crippen molar-refractivity contribution < 1.29 is 70.2 Å². The zero-order chi connectivity index (χ0) is 0. The largest absolute Gasteiger partial charge is 2.00 e. The third-order valence-electron chi connectivity index (χ3n) is 0. The predicted octanol–water partition coefficient (Wildman–Crippen LogP) is -6.00. The average molecular weight is 328 g/mol. The van der Waals surface area contributed by atoms with Crippen molar-refractivity contribution in [2.75, 3.05) is 0 Å². The molecule has 0 radical (unpaired) electrons. The molecular formula is BrClPd2+2. The average Bonchev–Trinajstić information content (AvgIpc) is 0. The molecule has 0 spiro atoms. The molecule has 0 aliphatic rings. The van der Waals surface area contributed by atoms with E-state index in [9.17, 15) is 0 Å². The second kappa shape index (κ2) is 19.5. The molecule has 32 valence electrons. The van der Waals surface area contributed by atoms with Crippen LogP contribution in [0.3, 0.4) is 0 Å². The van der Waals surface area contributed by atoms with Gasteiger partial charge in [0.25, 0.3) is 0 Å². The fourth-order valence-electron chi connectivity index (χ4n) is 0. The van der Waals surface area contributed by atoms with Crippen LogP contribution in [0.5, 0.6) is 0 Å². The van der Waals surface area contributed by atoms with Crippen LogP contribution in [0.1, 0.15) is 0 Å². The Bertz CT molecular complexity index is 6.00. The van der Waals surface area contributed by atoms with Crippen LogP contribution >= 0.6 is 0 Å². The fraction of sp³-hybridized carbons (Fsp3) is 0. The number of hydrogen-bond donors (Lipinski definition) is 0. The van der Waals surface area contributed by atoms with E-state index in [0.29, 0.717) is 0 Å². The predicted molar refractivity (Wildman–Crippen MR) is 0 cm³/mol. The van der Waals surface area contributed by atoms with Crippen molar-refractivity contribution in [3.63, 3.8) is 0 Å². The molecule has 0 atom stereocenters. The van der Waals surface area contributed by atoms with Crippen molar-refractivity contribution in [3.8, 4) is 0 Å². The van der Waals surface area contributed by atoms with Crippen LogP contribution in [0.4, 0.5) is 0 Å². The van der Waals surface area contributed by atoms with Crippen molar-refractivity contribution in [2.45, 2.75) is 0 Å². The monoisotopic (exact) mass is 326 g/mol. The van der Waals surface area contributed by atoms with Crippen LogP contribution in [0.25, 0.3) is 0 Å². The molecule has 0 amide bonds. The summed E-state index contributed by atoms with van der Waals surface area (Å²) in [6.07, 6.45) is 0. The molecule has 0 aromatic carbocycles. The molecule has 4 heavy (non-hydrogen) atoms. The van der Waals surface area contributed by atoms with Gasteiger partial charge in [-0.3, -0.25) is 0 Å². The van der Waals surface area contributed by atoms with Crippen LogP contribution in [-0.2, 0) is 40.8 Å². The Labute approximate surface area is 69.6 Å². The molecule has 0 unspecified atom stereocenters. The molecule has 0 aromatic heterocycles. The number of hydrogen-bond acceptors (Lipinski definition) is 0. The quantitative estimate of drug-likeness (QED) is 0.389. The van der Waals surface area contributed by atoms with Crippen molar-refractivity contribution in [1.29, 1.82) is 0 Å². The normalized spacial score (nSPS) is 0. The van der Waals surface area contributed by atoms with E-state index in [2.05, 4.69) is 0 Å². The summed E-state index contributed by atoms with van der Waals surface area (Å²) in [6, 6.07) is 0. The topological polar surface area (TPSA) is 0 Å². The van der Waals surface area contributed by atoms with Gasteiger partial charge in [-0.05, 0) is 0 Å².